The molecule has 0 radical (unpaired) electrons. The maximum Gasteiger partial charge on any atom is 0.387 e. The number of aliphatic hydroxyl groups is 1. The summed E-state index contributed by atoms with van der Waals surface area (Å²) in [4.78, 5) is 0. The van der Waals surface area contributed by atoms with Crippen LogP contribution < -0.4 is 10.5 Å². The van der Waals surface area contributed by atoms with Crippen LogP contribution in [0.5, 0.6) is 5.75 Å². The van der Waals surface area contributed by atoms with Crippen molar-refractivity contribution in [1.29, 1.82) is 0 Å². The number of aliphatic hydroxyl groups excluding tert-OH is 1. The Morgan fingerprint density at radius 2 is 2.13 bits per heavy atom. The van der Waals surface area contributed by atoms with Gasteiger partial charge in [0.05, 0.1) is 17.7 Å². The fourth-order valence-corrected chi connectivity index (χ4v) is 1.28. The minimum Gasteiger partial charge on any atom is -0.433 e. The molecule has 1 unspecified atom stereocenters. The molecule has 0 aromatic heterocycles. The molecule has 15 heavy (non-hydrogen) atoms. The minimum atomic E-state index is -2.92. The molecule has 84 valence electrons. The lowest BCUT2D eigenvalue weighted by Gasteiger charge is -2.11. The van der Waals surface area contributed by atoms with Crippen LogP contribution in [0.15, 0.2) is 18.2 Å². The highest BCUT2D eigenvalue weighted by atomic mass is 35.5. The van der Waals surface area contributed by atoms with E-state index in [2.05, 4.69) is 4.74 Å². The van der Waals surface area contributed by atoms with Crippen LogP contribution in [0.3, 0.4) is 0 Å². The van der Waals surface area contributed by atoms with Gasteiger partial charge in [0, 0.05) is 0 Å². The van der Waals surface area contributed by atoms with Crippen molar-refractivity contribution in [2.45, 2.75) is 12.7 Å². The predicted octanol–water partition coefficient (Wildman–Crippen LogP) is 1.93. The first-order chi connectivity index (χ1) is 7.04. The molecule has 0 saturated heterocycles. The molecule has 0 heterocycles. The van der Waals surface area contributed by atoms with Crippen molar-refractivity contribution in [3.63, 3.8) is 0 Å². The van der Waals surface area contributed by atoms with Gasteiger partial charge in [0.1, 0.15) is 5.75 Å². The second-order valence-corrected chi connectivity index (χ2v) is 3.26. The third-order valence-electron chi connectivity index (χ3n) is 1.80. The monoisotopic (exact) mass is 237 g/mol. The van der Waals surface area contributed by atoms with Gasteiger partial charge in [0.25, 0.3) is 0 Å². The zero-order valence-corrected chi connectivity index (χ0v) is 8.42. The van der Waals surface area contributed by atoms with Gasteiger partial charge < -0.3 is 15.6 Å². The van der Waals surface area contributed by atoms with E-state index < -0.39 is 12.7 Å². The van der Waals surface area contributed by atoms with Crippen molar-refractivity contribution in [2.75, 3.05) is 6.61 Å². The van der Waals surface area contributed by atoms with Gasteiger partial charge in [0.15, 0.2) is 0 Å². The Hall–Kier alpha value is -0.910. The number of alkyl halides is 2. The van der Waals surface area contributed by atoms with Crippen molar-refractivity contribution in [3.8, 4) is 5.75 Å². The average Bonchev–Trinajstić information content (AvgIpc) is 2.19. The molecule has 0 aliphatic heterocycles. The molecular weight excluding hydrogens is 228 g/mol. The van der Waals surface area contributed by atoms with E-state index in [1.807, 2.05) is 0 Å². The molecular formula is C9H10ClF2NO2. The normalized spacial score (nSPS) is 12.9. The Labute approximate surface area is 90.4 Å². The molecule has 1 aromatic carbocycles. The van der Waals surface area contributed by atoms with Gasteiger partial charge in [-0.2, -0.15) is 8.78 Å². The highest BCUT2D eigenvalue weighted by Crippen LogP contribution is 2.28. The summed E-state index contributed by atoms with van der Waals surface area (Å²) < 4.78 is 27.9. The number of rotatable bonds is 4. The maximum atomic E-state index is 11.9. The van der Waals surface area contributed by atoms with Gasteiger partial charge in [-0.15, -0.1) is 0 Å². The van der Waals surface area contributed by atoms with E-state index >= 15 is 0 Å². The molecule has 1 aromatic rings. The van der Waals surface area contributed by atoms with E-state index in [0.717, 1.165) is 0 Å². The highest BCUT2D eigenvalue weighted by Gasteiger charge is 2.11. The van der Waals surface area contributed by atoms with Crippen LogP contribution in [0.25, 0.3) is 0 Å². The number of hydrogen-bond donors (Lipinski definition) is 2. The second-order valence-electron chi connectivity index (χ2n) is 2.86. The van der Waals surface area contributed by atoms with E-state index in [1.165, 1.54) is 18.2 Å². The second kappa shape index (κ2) is 5.25. The summed E-state index contributed by atoms with van der Waals surface area (Å²) in [5.74, 6) is -0.111. The number of benzene rings is 1. The van der Waals surface area contributed by atoms with Crippen molar-refractivity contribution in [3.05, 3.63) is 28.8 Å². The molecule has 1 rings (SSSR count). The van der Waals surface area contributed by atoms with Crippen LogP contribution >= 0.6 is 11.6 Å². The van der Waals surface area contributed by atoms with Crippen molar-refractivity contribution in [2.24, 2.45) is 5.73 Å². The quantitative estimate of drug-likeness (QED) is 0.841. The van der Waals surface area contributed by atoms with Gasteiger partial charge in [-0.3, -0.25) is 0 Å². The van der Waals surface area contributed by atoms with Crippen molar-refractivity contribution >= 4 is 11.6 Å². The van der Waals surface area contributed by atoms with Crippen LogP contribution in [0, 0.1) is 0 Å². The van der Waals surface area contributed by atoms with E-state index in [0.29, 0.717) is 5.56 Å². The molecule has 0 aliphatic carbocycles. The van der Waals surface area contributed by atoms with E-state index in [1.54, 1.807) is 0 Å². The van der Waals surface area contributed by atoms with Crippen LogP contribution in [0.1, 0.15) is 11.6 Å². The number of halogens is 3. The van der Waals surface area contributed by atoms with E-state index in [4.69, 9.17) is 22.4 Å². The third-order valence-corrected chi connectivity index (χ3v) is 2.09. The summed E-state index contributed by atoms with van der Waals surface area (Å²) in [5.41, 5.74) is 6.08. The topological polar surface area (TPSA) is 55.5 Å². The number of hydrogen-bond acceptors (Lipinski definition) is 3. The van der Waals surface area contributed by atoms with Gasteiger partial charge in [-0.05, 0) is 17.7 Å². The molecule has 3 nitrogen and oxygen atoms in total. The highest BCUT2D eigenvalue weighted by molar-refractivity contribution is 6.32. The molecule has 0 saturated carbocycles. The summed E-state index contributed by atoms with van der Waals surface area (Å²) in [5, 5.41) is 8.81. The largest absolute Gasteiger partial charge is 0.433 e. The van der Waals surface area contributed by atoms with Crippen LogP contribution in [0.4, 0.5) is 8.78 Å². The Bertz CT molecular complexity index is 336. The lowest BCUT2D eigenvalue weighted by atomic mass is 10.1. The molecule has 0 spiro atoms. The van der Waals surface area contributed by atoms with E-state index in [9.17, 15) is 8.78 Å². The van der Waals surface area contributed by atoms with Crippen LogP contribution in [0.2, 0.25) is 5.02 Å². The molecule has 0 bridgehead atoms. The lowest BCUT2D eigenvalue weighted by molar-refractivity contribution is -0.0498. The SMILES string of the molecule is NC(CO)c1ccc(OC(F)F)c(Cl)c1. The first-order valence-corrected chi connectivity index (χ1v) is 4.53. The summed E-state index contributed by atoms with van der Waals surface area (Å²) in [6.07, 6.45) is 0. The summed E-state index contributed by atoms with van der Waals surface area (Å²) >= 11 is 5.68. The van der Waals surface area contributed by atoms with E-state index in [-0.39, 0.29) is 17.4 Å². The molecule has 0 fully saturated rings. The summed E-state index contributed by atoms with van der Waals surface area (Å²) in [6, 6.07) is 3.58. The number of ether oxygens (including phenoxy) is 1. The zero-order chi connectivity index (χ0) is 11.4. The molecule has 1 atom stereocenters. The van der Waals surface area contributed by atoms with Gasteiger partial charge in [-0.1, -0.05) is 17.7 Å². The van der Waals surface area contributed by atoms with Crippen LogP contribution in [-0.4, -0.2) is 18.3 Å². The van der Waals surface area contributed by atoms with Gasteiger partial charge in [-0.25, -0.2) is 0 Å². The number of nitrogens with two attached hydrogens (primary N) is 1. The first kappa shape index (κ1) is 12.2. The van der Waals surface area contributed by atoms with Crippen molar-refractivity contribution < 1.29 is 18.6 Å². The van der Waals surface area contributed by atoms with Gasteiger partial charge in [0.2, 0.25) is 0 Å². The zero-order valence-electron chi connectivity index (χ0n) is 7.66. The average molecular weight is 238 g/mol. The predicted molar refractivity (Wildman–Crippen MR) is 52.1 cm³/mol. The minimum absolute atomic E-state index is 0.0386. The lowest BCUT2D eigenvalue weighted by Crippen LogP contribution is -2.14. The van der Waals surface area contributed by atoms with Gasteiger partial charge >= 0.3 is 6.61 Å². The summed E-state index contributed by atoms with van der Waals surface area (Å²) in [6.45, 7) is -3.16. The smallest absolute Gasteiger partial charge is 0.387 e. The third kappa shape index (κ3) is 3.30. The fraction of sp³-hybridized carbons (Fsp3) is 0.333. The molecule has 0 amide bonds. The standard InChI is InChI=1S/C9H10ClF2NO2/c10-6-3-5(7(13)4-14)1-2-8(6)15-9(11)12/h1-3,7,9,14H,4,13H2. The maximum absolute atomic E-state index is 11.9. The molecule has 0 aliphatic rings. The Morgan fingerprint density at radius 3 is 2.60 bits per heavy atom. The first-order valence-electron chi connectivity index (χ1n) is 4.15. The summed E-state index contributed by atoms with van der Waals surface area (Å²) in [7, 11) is 0. The Morgan fingerprint density at radius 1 is 1.47 bits per heavy atom. The van der Waals surface area contributed by atoms with Crippen molar-refractivity contribution in [1.82, 2.24) is 0 Å². The molecule has 3 N–H and O–H groups in total. The molecule has 6 heteroatoms. The van der Waals surface area contributed by atoms with Crippen LogP contribution in [-0.2, 0) is 0 Å². The Kier molecular flexibility index (Phi) is 4.26. The fourth-order valence-electron chi connectivity index (χ4n) is 1.04. The Balaban J connectivity index is 2.88.